The van der Waals surface area contributed by atoms with Gasteiger partial charge in [-0.3, -0.25) is 14.5 Å². The minimum atomic E-state index is -2.69. The number of carbonyl (C=O) groups is 2. The first-order valence-electron chi connectivity index (χ1n) is 6.37. The number of carbonyl (C=O) groups excluding carboxylic acids is 2. The summed E-state index contributed by atoms with van der Waals surface area (Å²) in [6.07, 6.45) is -0.201. The second kappa shape index (κ2) is 5.66. The van der Waals surface area contributed by atoms with Crippen molar-refractivity contribution in [2.75, 3.05) is 25.0 Å². The zero-order valence-electron chi connectivity index (χ0n) is 11.2. The number of likely N-dealkylation sites (tertiary alicyclic amines) is 1. The van der Waals surface area contributed by atoms with Crippen LogP contribution in [0.3, 0.4) is 0 Å². The number of nitrogens with one attached hydrogen (secondary N) is 1. The number of anilines is 1. The Balaban J connectivity index is 1.87. The molecule has 1 saturated heterocycles. The molecule has 6 heteroatoms. The topological polar surface area (TPSA) is 49.4 Å². The van der Waals surface area contributed by atoms with Crippen LogP contribution >= 0.6 is 0 Å². The van der Waals surface area contributed by atoms with Crippen LogP contribution in [0.4, 0.5) is 14.5 Å². The van der Waals surface area contributed by atoms with E-state index in [2.05, 4.69) is 5.32 Å². The lowest BCUT2D eigenvalue weighted by Crippen LogP contribution is -2.33. The molecular weight excluding hydrogens is 266 g/mol. The lowest BCUT2D eigenvalue weighted by Gasteiger charge is -2.15. The predicted octanol–water partition coefficient (Wildman–Crippen LogP) is 2.17. The lowest BCUT2D eigenvalue weighted by atomic mass is 10.1. The molecule has 2 rings (SSSR count). The molecule has 1 amide bonds. The van der Waals surface area contributed by atoms with E-state index >= 15 is 0 Å². The molecule has 0 unspecified atom stereocenters. The molecule has 1 aromatic rings. The minimum absolute atomic E-state index is 0.0515. The quantitative estimate of drug-likeness (QED) is 0.861. The van der Waals surface area contributed by atoms with Gasteiger partial charge in [0.15, 0.2) is 5.78 Å². The molecule has 0 spiro atoms. The van der Waals surface area contributed by atoms with Gasteiger partial charge in [-0.05, 0) is 31.2 Å². The van der Waals surface area contributed by atoms with Crippen LogP contribution < -0.4 is 5.32 Å². The molecule has 0 atom stereocenters. The zero-order chi connectivity index (χ0) is 14.8. The van der Waals surface area contributed by atoms with E-state index in [4.69, 9.17) is 0 Å². The second-order valence-corrected chi connectivity index (χ2v) is 5.00. The SMILES string of the molecule is CC(=O)c1ccc(NC(=O)CN2CCC(F)(F)C2)cc1. The molecule has 0 radical (unpaired) electrons. The number of hydrogen-bond acceptors (Lipinski definition) is 3. The third-order valence-electron chi connectivity index (χ3n) is 3.19. The van der Waals surface area contributed by atoms with E-state index in [1.54, 1.807) is 24.3 Å². The average molecular weight is 282 g/mol. The first-order valence-corrected chi connectivity index (χ1v) is 6.37. The smallest absolute Gasteiger partial charge is 0.261 e. The Morgan fingerprint density at radius 1 is 1.30 bits per heavy atom. The maximum absolute atomic E-state index is 13.0. The van der Waals surface area contributed by atoms with Crippen molar-refractivity contribution in [3.8, 4) is 0 Å². The van der Waals surface area contributed by atoms with Crippen molar-refractivity contribution in [2.24, 2.45) is 0 Å². The Hall–Kier alpha value is -1.82. The summed E-state index contributed by atoms with van der Waals surface area (Å²) in [6, 6.07) is 6.46. The van der Waals surface area contributed by atoms with E-state index in [9.17, 15) is 18.4 Å². The molecule has 1 aliphatic rings. The van der Waals surface area contributed by atoms with Gasteiger partial charge in [-0.15, -0.1) is 0 Å². The summed E-state index contributed by atoms with van der Waals surface area (Å²) in [4.78, 5) is 24.3. The fourth-order valence-corrected chi connectivity index (χ4v) is 2.13. The summed E-state index contributed by atoms with van der Waals surface area (Å²) in [5.41, 5.74) is 1.10. The highest BCUT2D eigenvalue weighted by molar-refractivity contribution is 5.96. The average Bonchev–Trinajstić information content (AvgIpc) is 2.69. The van der Waals surface area contributed by atoms with Crippen molar-refractivity contribution < 1.29 is 18.4 Å². The van der Waals surface area contributed by atoms with E-state index in [0.717, 1.165) is 0 Å². The summed E-state index contributed by atoms with van der Waals surface area (Å²) in [6.45, 7) is 1.26. The van der Waals surface area contributed by atoms with E-state index in [-0.39, 0.29) is 37.7 Å². The highest BCUT2D eigenvalue weighted by Crippen LogP contribution is 2.26. The number of amides is 1. The fourth-order valence-electron chi connectivity index (χ4n) is 2.13. The molecule has 20 heavy (non-hydrogen) atoms. The first kappa shape index (κ1) is 14.6. The van der Waals surface area contributed by atoms with E-state index in [1.165, 1.54) is 11.8 Å². The van der Waals surface area contributed by atoms with Crippen molar-refractivity contribution >= 4 is 17.4 Å². The molecule has 0 saturated carbocycles. The third-order valence-corrected chi connectivity index (χ3v) is 3.19. The molecule has 0 bridgehead atoms. The molecule has 1 aliphatic heterocycles. The molecule has 1 heterocycles. The number of alkyl halides is 2. The molecule has 1 aromatic carbocycles. The normalized spacial score (nSPS) is 17.9. The van der Waals surface area contributed by atoms with Crippen molar-refractivity contribution in [3.63, 3.8) is 0 Å². The van der Waals surface area contributed by atoms with E-state index in [0.29, 0.717) is 11.3 Å². The maximum Gasteiger partial charge on any atom is 0.261 e. The molecule has 1 fully saturated rings. The van der Waals surface area contributed by atoms with Crippen LogP contribution in [-0.4, -0.2) is 42.1 Å². The van der Waals surface area contributed by atoms with Gasteiger partial charge in [0.1, 0.15) is 0 Å². The molecule has 108 valence electrons. The molecule has 4 nitrogen and oxygen atoms in total. The van der Waals surface area contributed by atoms with Crippen molar-refractivity contribution in [1.29, 1.82) is 0 Å². The number of benzene rings is 1. The predicted molar refractivity (Wildman–Crippen MR) is 71.1 cm³/mol. The van der Waals surface area contributed by atoms with Gasteiger partial charge in [0, 0.05) is 24.2 Å². The highest BCUT2D eigenvalue weighted by Gasteiger charge is 2.38. The molecule has 1 N–H and O–H groups in total. The number of Topliss-reactive ketones (excluding diaryl/α,β-unsaturated/α-hetero) is 1. The van der Waals surface area contributed by atoms with Crippen molar-refractivity contribution in [3.05, 3.63) is 29.8 Å². The van der Waals surface area contributed by atoms with Gasteiger partial charge in [0.05, 0.1) is 13.1 Å². The van der Waals surface area contributed by atoms with Crippen molar-refractivity contribution in [1.82, 2.24) is 4.90 Å². The Labute approximate surface area is 115 Å². The van der Waals surface area contributed by atoms with Crippen LogP contribution in [0.1, 0.15) is 23.7 Å². The summed E-state index contributed by atoms with van der Waals surface area (Å²) in [7, 11) is 0. The molecule has 0 aliphatic carbocycles. The van der Waals surface area contributed by atoms with E-state index < -0.39 is 5.92 Å². The van der Waals surface area contributed by atoms with Crippen LogP contribution in [-0.2, 0) is 4.79 Å². The number of ketones is 1. The molecule has 0 aromatic heterocycles. The fraction of sp³-hybridized carbons (Fsp3) is 0.429. The second-order valence-electron chi connectivity index (χ2n) is 5.00. The first-order chi connectivity index (χ1) is 9.35. The van der Waals surface area contributed by atoms with Gasteiger partial charge >= 0.3 is 0 Å². The number of halogens is 2. The largest absolute Gasteiger partial charge is 0.325 e. The monoisotopic (exact) mass is 282 g/mol. The Morgan fingerprint density at radius 2 is 1.95 bits per heavy atom. The Morgan fingerprint density at radius 3 is 2.45 bits per heavy atom. The van der Waals surface area contributed by atoms with Gasteiger partial charge < -0.3 is 5.32 Å². The van der Waals surface area contributed by atoms with Crippen LogP contribution in [0.15, 0.2) is 24.3 Å². The maximum atomic E-state index is 13.0. The highest BCUT2D eigenvalue weighted by atomic mass is 19.3. The number of hydrogen-bond donors (Lipinski definition) is 1. The summed E-state index contributed by atoms with van der Waals surface area (Å²) < 4.78 is 26.0. The third kappa shape index (κ3) is 3.84. The number of rotatable bonds is 4. The number of nitrogens with zero attached hydrogens (tertiary/aromatic N) is 1. The lowest BCUT2D eigenvalue weighted by molar-refractivity contribution is -0.117. The van der Waals surface area contributed by atoms with Crippen LogP contribution in [0.25, 0.3) is 0 Å². The van der Waals surface area contributed by atoms with Gasteiger partial charge in [0.2, 0.25) is 5.91 Å². The summed E-state index contributed by atoms with van der Waals surface area (Å²) in [5, 5.41) is 2.63. The van der Waals surface area contributed by atoms with Crippen molar-refractivity contribution in [2.45, 2.75) is 19.3 Å². The van der Waals surface area contributed by atoms with Crippen LogP contribution in [0.2, 0.25) is 0 Å². The Bertz CT molecular complexity index is 514. The minimum Gasteiger partial charge on any atom is -0.325 e. The van der Waals surface area contributed by atoms with Gasteiger partial charge in [-0.25, -0.2) is 8.78 Å². The van der Waals surface area contributed by atoms with Gasteiger partial charge in [-0.2, -0.15) is 0 Å². The van der Waals surface area contributed by atoms with Crippen LogP contribution in [0, 0.1) is 0 Å². The summed E-state index contributed by atoms with van der Waals surface area (Å²) in [5.74, 6) is -3.08. The zero-order valence-corrected chi connectivity index (χ0v) is 11.2. The summed E-state index contributed by atoms with van der Waals surface area (Å²) >= 11 is 0. The standard InChI is InChI=1S/C14H16F2N2O2/c1-10(19)11-2-4-12(5-3-11)17-13(20)8-18-7-6-14(15,16)9-18/h2-5H,6-9H2,1H3,(H,17,20). The molecular formula is C14H16F2N2O2. The van der Waals surface area contributed by atoms with Gasteiger partial charge in [0.25, 0.3) is 5.92 Å². The van der Waals surface area contributed by atoms with Crippen LogP contribution in [0.5, 0.6) is 0 Å². The van der Waals surface area contributed by atoms with Gasteiger partial charge in [-0.1, -0.05) is 0 Å². The van der Waals surface area contributed by atoms with E-state index in [1.807, 2.05) is 0 Å². The Kier molecular flexibility index (Phi) is 4.13.